The molecule has 0 saturated carbocycles. The van der Waals surface area contributed by atoms with Crippen molar-refractivity contribution in [1.29, 1.82) is 0 Å². The van der Waals surface area contributed by atoms with Crippen molar-refractivity contribution in [3.05, 3.63) is 24.3 Å². The average molecular weight is 338 g/mol. The largest absolute Gasteiger partial charge is 0.393 e. The minimum absolute atomic E-state index is 0.0320. The van der Waals surface area contributed by atoms with Crippen LogP contribution in [0, 0.1) is 5.92 Å². The molecule has 22 heavy (non-hydrogen) atoms. The van der Waals surface area contributed by atoms with Gasteiger partial charge in [-0.25, -0.2) is 4.98 Å². The lowest BCUT2D eigenvalue weighted by Gasteiger charge is -2.14. The Hall–Kier alpha value is -1.11. The quantitative estimate of drug-likeness (QED) is 0.725. The lowest BCUT2D eigenvalue weighted by molar-refractivity contribution is -0.120. The van der Waals surface area contributed by atoms with Gasteiger partial charge in [0.25, 0.3) is 0 Å². The van der Waals surface area contributed by atoms with E-state index in [4.69, 9.17) is 0 Å². The van der Waals surface area contributed by atoms with Crippen LogP contribution in [0.3, 0.4) is 0 Å². The zero-order chi connectivity index (χ0) is 15.9. The normalized spacial score (nSPS) is 12.7. The minimum atomic E-state index is -0.350. The first kappa shape index (κ1) is 17.2. The summed E-state index contributed by atoms with van der Waals surface area (Å²) in [5.41, 5.74) is 1.02. The maximum Gasteiger partial charge on any atom is 0.220 e. The molecule has 6 heteroatoms. The van der Waals surface area contributed by atoms with Crippen molar-refractivity contribution in [3.8, 4) is 0 Å². The van der Waals surface area contributed by atoms with Gasteiger partial charge in [0.15, 0.2) is 4.34 Å². The number of benzene rings is 1. The molecule has 0 radical (unpaired) electrons. The first-order valence-electron chi connectivity index (χ1n) is 7.49. The first-order chi connectivity index (χ1) is 10.6. The number of aliphatic hydroxyl groups excluding tert-OH is 1. The van der Waals surface area contributed by atoms with Gasteiger partial charge in [0.05, 0.1) is 16.3 Å². The summed E-state index contributed by atoms with van der Waals surface area (Å²) < 4.78 is 2.18. The molecule has 1 unspecified atom stereocenters. The van der Waals surface area contributed by atoms with E-state index in [1.165, 1.54) is 4.70 Å². The SMILES string of the molecule is CC(C)C(O)CCNC(=O)CCSc1nc2ccccc2s1. The van der Waals surface area contributed by atoms with Crippen LogP contribution in [-0.2, 0) is 4.79 Å². The Kier molecular flexibility index (Phi) is 6.67. The number of nitrogens with zero attached hydrogens (tertiary/aromatic N) is 1. The molecule has 2 rings (SSSR count). The highest BCUT2D eigenvalue weighted by Gasteiger charge is 2.10. The maximum atomic E-state index is 11.7. The Labute approximate surface area is 139 Å². The smallest absolute Gasteiger partial charge is 0.220 e. The number of hydrogen-bond donors (Lipinski definition) is 2. The summed E-state index contributed by atoms with van der Waals surface area (Å²) in [7, 11) is 0. The number of carbonyl (C=O) groups excluding carboxylic acids is 1. The number of hydrogen-bond acceptors (Lipinski definition) is 5. The summed E-state index contributed by atoms with van der Waals surface area (Å²) in [6.45, 7) is 4.48. The van der Waals surface area contributed by atoms with Crippen molar-refractivity contribution >= 4 is 39.2 Å². The predicted octanol–water partition coefficient (Wildman–Crippen LogP) is 3.30. The third-order valence-corrected chi connectivity index (χ3v) is 5.54. The molecule has 0 aliphatic rings. The Balaban J connectivity index is 1.66. The second-order valence-electron chi connectivity index (χ2n) is 5.50. The third kappa shape index (κ3) is 5.26. The summed E-state index contributed by atoms with van der Waals surface area (Å²) >= 11 is 3.28. The number of amides is 1. The van der Waals surface area contributed by atoms with E-state index in [1.807, 2.05) is 32.0 Å². The maximum absolute atomic E-state index is 11.7. The number of carbonyl (C=O) groups is 1. The third-order valence-electron chi connectivity index (χ3n) is 3.36. The van der Waals surface area contributed by atoms with Gasteiger partial charge < -0.3 is 10.4 Å². The molecule has 120 valence electrons. The number of nitrogens with one attached hydrogen (secondary N) is 1. The molecular formula is C16H22N2O2S2. The number of thiazole rings is 1. The molecule has 0 saturated heterocycles. The Bertz CT molecular complexity index is 580. The Morgan fingerprint density at radius 3 is 2.91 bits per heavy atom. The predicted molar refractivity (Wildman–Crippen MR) is 93.4 cm³/mol. The zero-order valence-corrected chi connectivity index (χ0v) is 14.5. The number of para-hydroxylation sites is 1. The molecule has 0 fully saturated rings. The van der Waals surface area contributed by atoms with Crippen molar-refractivity contribution in [1.82, 2.24) is 10.3 Å². The van der Waals surface area contributed by atoms with Crippen molar-refractivity contribution in [2.24, 2.45) is 5.92 Å². The van der Waals surface area contributed by atoms with Crippen molar-refractivity contribution in [3.63, 3.8) is 0 Å². The molecule has 1 heterocycles. The molecule has 1 amide bonds. The highest BCUT2D eigenvalue weighted by Crippen LogP contribution is 2.29. The van der Waals surface area contributed by atoms with Crippen LogP contribution < -0.4 is 5.32 Å². The van der Waals surface area contributed by atoms with Crippen LogP contribution in [0.15, 0.2) is 28.6 Å². The fourth-order valence-corrected chi connectivity index (χ4v) is 4.00. The van der Waals surface area contributed by atoms with Crippen molar-refractivity contribution < 1.29 is 9.90 Å². The van der Waals surface area contributed by atoms with Gasteiger partial charge in [0.2, 0.25) is 5.91 Å². The summed E-state index contributed by atoms with van der Waals surface area (Å²) in [4.78, 5) is 16.3. The molecular weight excluding hydrogens is 316 g/mol. The molecule has 1 aromatic heterocycles. The highest BCUT2D eigenvalue weighted by atomic mass is 32.2. The van der Waals surface area contributed by atoms with Crippen LogP contribution in [0.1, 0.15) is 26.7 Å². The number of thioether (sulfide) groups is 1. The van der Waals surface area contributed by atoms with E-state index in [9.17, 15) is 9.90 Å². The number of rotatable bonds is 8. The van der Waals surface area contributed by atoms with Crippen LogP contribution in [0.4, 0.5) is 0 Å². The van der Waals surface area contributed by atoms with E-state index >= 15 is 0 Å². The summed E-state index contributed by atoms with van der Waals surface area (Å²) in [6, 6.07) is 8.05. The summed E-state index contributed by atoms with van der Waals surface area (Å²) in [5, 5.41) is 12.5. The van der Waals surface area contributed by atoms with Gasteiger partial charge in [0, 0.05) is 18.7 Å². The number of fused-ring (bicyclic) bond motifs is 1. The molecule has 0 aliphatic heterocycles. The molecule has 1 aromatic carbocycles. The molecule has 2 aromatic rings. The molecule has 0 aliphatic carbocycles. The number of aliphatic hydroxyl groups is 1. The van der Waals surface area contributed by atoms with Gasteiger partial charge in [-0.05, 0) is 24.5 Å². The van der Waals surface area contributed by atoms with E-state index in [0.29, 0.717) is 19.4 Å². The first-order valence-corrected chi connectivity index (χ1v) is 9.29. The summed E-state index contributed by atoms with van der Waals surface area (Å²) in [6.07, 6.45) is 0.727. The molecule has 1 atom stereocenters. The lowest BCUT2D eigenvalue weighted by Crippen LogP contribution is -2.28. The highest BCUT2D eigenvalue weighted by molar-refractivity contribution is 8.01. The molecule has 4 nitrogen and oxygen atoms in total. The van der Waals surface area contributed by atoms with Crippen LogP contribution in [-0.4, -0.2) is 34.4 Å². The van der Waals surface area contributed by atoms with Gasteiger partial charge in [-0.1, -0.05) is 37.7 Å². The van der Waals surface area contributed by atoms with E-state index in [1.54, 1.807) is 23.1 Å². The van der Waals surface area contributed by atoms with E-state index < -0.39 is 0 Å². The fraction of sp³-hybridized carbons (Fsp3) is 0.500. The van der Waals surface area contributed by atoms with Crippen molar-refractivity contribution in [2.45, 2.75) is 37.1 Å². The van der Waals surface area contributed by atoms with Gasteiger partial charge in [0.1, 0.15) is 0 Å². The minimum Gasteiger partial charge on any atom is -0.393 e. The average Bonchev–Trinajstić information content (AvgIpc) is 2.89. The van der Waals surface area contributed by atoms with Gasteiger partial charge in [-0.15, -0.1) is 11.3 Å². The second-order valence-corrected chi connectivity index (χ2v) is 7.87. The topological polar surface area (TPSA) is 62.2 Å². The van der Waals surface area contributed by atoms with E-state index in [2.05, 4.69) is 16.4 Å². The molecule has 0 bridgehead atoms. The van der Waals surface area contributed by atoms with Gasteiger partial charge in [-0.3, -0.25) is 4.79 Å². The van der Waals surface area contributed by atoms with E-state index in [-0.39, 0.29) is 17.9 Å². The van der Waals surface area contributed by atoms with Crippen molar-refractivity contribution in [2.75, 3.05) is 12.3 Å². The fourth-order valence-electron chi connectivity index (χ4n) is 1.93. The molecule has 0 spiro atoms. The monoisotopic (exact) mass is 338 g/mol. The molecule has 2 N–H and O–H groups in total. The lowest BCUT2D eigenvalue weighted by atomic mass is 10.0. The standard InChI is InChI=1S/C16H22N2O2S2/c1-11(2)13(19)7-9-17-15(20)8-10-21-16-18-12-5-3-4-6-14(12)22-16/h3-6,11,13,19H,7-10H2,1-2H3,(H,17,20). The van der Waals surface area contributed by atoms with Gasteiger partial charge in [-0.2, -0.15) is 0 Å². The van der Waals surface area contributed by atoms with Crippen LogP contribution in [0.5, 0.6) is 0 Å². The van der Waals surface area contributed by atoms with Crippen LogP contribution in [0.2, 0.25) is 0 Å². The van der Waals surface area contributed by atoms with Crippen LogP contribution in [0.25, 0.3) is 10.2 Å². The number of aromatic nitrogens is 1. The zero-order valence-electron chi connectivity index (χ0n) is 12.9. The summed E-state index contributed by atoms with van der Waals surface area (Å²) in [5.74, 6) is 0.981. The Morgan fingerprint density at radius 2 is 2.18 bits per heavy atom. The second kappa shape index (κ2) is 8.50. The van der Waals surface area contributed by atoms with Crippen LogP contribution >= 0.6 is 23.1 Å². The Morgan fingerprint density at radius 1 is 1.41 bits per heavy atom. The van der Waals surface area contributed by atoms with E-state index in [0.717, 1.165) is 15.6 Å². The van der Waals surface area contributed by atoms with Gasteiger partial charge >= 0.3 is 0 Å².